The zero-order valence-electron chi connectivity index (χ0n) is 9.01. The number of hydrogen-bond acceptors (Lipinski definition) is 2. The van der Waals surface area contributed by atoms with E-state index in [4.69, 9.17) is 10.5 Å². The maximum atomic E-state index is 5.98. The van der Waals surface area contributed by atoms with E-state index >= 15 is 0 Å². The molecule has 0 unspecified atom stereocenters. The van der Waals surface area contributed by atoms with Gasteiger partial charge in [-0.05, 0) is 26.7 Å². The van der Waals surface area contributed by atoms with Crippen LogP contribution in [0.3, 0.4) is 0 Å². The fourth-order valence-electron chi connectivity index (χ4n) is 1.86. The maximum Gasteiger partial charge on any atom is 0.0751 e. The molecule has 0 aromatic carbocycles. The van der Waals surface area contributed by atoms with Gasteiger partial charge < -0.3 is 10.5 Å². The molecule has 1 aliphatic carbocycles. The minimum absolute atomic E-state index is 0.130. The van der Waals surface area contributed by atoms with Gasteiger partial charge in [0, 0.05) is 6.54 Å². The van der Waals surface area contributed by atoms with Gasteiger partial charge in [-0.15, -0.1) is 0 Å². The summed E-state index contributed by atoms with van der Waals surface area (Å²) in [5.74, 6) is 0. The van der Waals surface area contributed by atoms with Gasteiger partial charge in [0.05, 0.1) is 11.7 Å². The van der Waals surface area contributed by atoms with Gasteiger partial charge in [-0.3, -0.25) is 0 Å². The molecule has 0 aliphatic heterocycles. The molecular weight excluding hydrogens is 162 g/mol. The standard InChI is InChI=1S/C11H23NO/c1-11(2,9-12)13-10-7-5-3-4-6-8-10/h10H,3-9,12H2,1-2H3. The Balaban J connectivity index is 2.33. The van der Waals surface area contributed by atoms with Crippen LogP contribution < -0.4 is 5.73 Å². The second-order valence-electron chi connectivity index (χ2n) is 4.70. The molecule has 0 bridgehead atoms. The first kappa shape index (κ1) is 11.0. The summed E-state index contributed by atoms with van der Waals surface area (Å²) in [6.45, 7) is 4.78. The van der Waals surface area contributed by atoms with E-state index in [9.17, 15) is 0 Å². The number of nitrogens with two attached hydrogens (primary N) is 1. The monoisotopic (exact) mass is 185 g/mol. The zero-order chi connectivity index (χ0) is 9.73. The molecule has 2 heteroatoms. The Morgan fingerprint density at radius 3 is 2.15 bits per heavy atom. The highest BCUT2D eigenvalue weighted by Crippen LogP contribution is 2.23. The molecule has 0 radical (unpaired) electrons. The van der Waals surface area contributed by atoms with E-state index in [1.54, 1.807) is 0 Å². The van der Waals surface area contributed by atoms with Crippen molar-refractivity contribution in [2.24, 2.45) is 5.73 Å². The summed E-state index contributed by atoms with van der Waals surface area (Å²) in [7, 11) is 0. The van der Waals surface area contributed by atoms with Crippen molar-refractivity contribution < 1.29 is 4.74 Å². The molecule has 13 heavy (non-hydrogen) atoms. The summed E-state index contributed by atoms with van der Waals surface area (Å²) < 4.78 is 5.98. The van der Waals surface area contributed by atoms with Crippen LogP contribution in [0.25, 0.3) is 0 Å². The molecule has 1 aliphatic rings. The highest BCUT2D eigenvalue weighted by atomic mass is 16.5. The molecule has 0 amide bonds. The fourth-order valence-corrected chi connectivity index (χ4v) is 1.86. The number of hydrogen-bond donors (Lipinski definition) is 1. The number of rotatable bonds is 3. The van der Waals surface area contributed by atoms with Crippen LogP contribution in [0.5, 0.6) is 0 Å². The molecular formula is C11H23NO. The predicted octanol–water partition coefficient (Wildman–Crippen LogP) is 2.46. The van der Waals surface area contributed by atoms with Crippen LogP contribution in [-0.4, -0.2) is 18.2 Å². The van der Waals surface area contributed by atoms with Crippen LogP contribution in [0.1, 0.15) is 52.4 Å². The van der Waals surface area contributed by atoms with E-state index < -0.39 is 0 Å². The third-order valence-electron chi connectivity index (χ3n) is 2.78. The Kier molecular flexibility index (Phi) is 4.20. The van der Waals surface area contributed by atoms with E-state index in [0.29, 0.717) is 12.6 Å². The van der Waals surface area contributed by atoms with Crippen molar-refractivity contribution in [3.8, 4) is 0 Å². The summed E-state index contributed by atoms with van der Waals surface area (Å²) in [6, 6.07) is 0. The van der Waals surface area contributed by atoms with Gasteiger partial charge in [-0.2, -0.15) is 0 Å². The lowest BCUT2D eigenvalue weighted by Gasteiger charge is -2.29. The maximum absolute atomic E-state index is 5.98. The average molecular weight is 185 g/mol. The van der Waals surface area contributed by atoms with Crippen molar-refractivity contribution in [1.29, 1.82) is 0 Å². The van der Waals surface area contributed by atoms with E-state index in [2.05, 4.69) is 13.8 Å². The first-order chi connectivity index (χ1) is 6.14. The predicted molar refractivity (Wildman–Crippen MR) is 55.7 cm³/mol. The highest BCUT2D eigenvalue weighted by molar-refractivity contribution is 4.74. The molecule has 1 fully saturated rings. The second kappa shape index (κ2) is 4.97. The van der Waals surface area contributed by atoms with Gasteiger partial charge in [0.25, 0.3) is 0 Å². The summed E-state index contributed by atoms with van der Waals surface area (Å²) >= 11 is 0. The Labute approximate surface area is 81.8 Å². The smallest absolute Gasteiger partial charge is 0.0751 e. The Morgan fingerprint density at radius 1 is 1.15 bits per heavy atom. The molecule has 1 saturated carbocycles. The molecule has 2 N–H and O–H groups in total. The molecule has 0 spiro atoms. The van der Waals surface area contributed by atoms with Crippen molar-refractivity contribution >= 4 is 0 Å². The summed E-state index contributed by atoms with van der Waals surface area (Å²) in [5.41, 5.74) is 5.51. The van der Waals surface area contributed by atoms with E-state index in [-0.39, 0.29) is 5.60 Å². The van der Waals surface area contributed by atoms with Crippen molar-refractivity contribution in [1.82, 2.24) is 0 Å². The molecule has 0 heterocycles. The first-order valence-electron chi connectivity index (χ1n) is 5.52. The Hall–Kier alpha value is -0.0800. The van der Waals surface area contributed by atoms with Crippen molar-refractivity contribution in [2.75, 3.05) is 6.54 Å². The van der Waals surface area contributed by atoms with Crippen molar-refractivity contribution in [2.45, 2.75) is 64.1 Å². The van der Waals surface area contributed by atoms with Gasteiger partial charge in [-0.1, -0.05) is 25.7 Å². The second-order valence-corrected chi connectivity index (χ2v) is 4.70. The van der Waals surface area contributed by atoms with Gasteiger partial charge >= 0.3 is 0 Å². The van der Waals surface area contributed by atoms with Crippen LogP contribution in [0, 0.1) is 0 Å². The van der Waals surface area contributed by atoms with Crippen LogP contribution in [0.2, 0.25) is 0 Å². The minimum Gasteiger partial charge on any atom is -0.371 e. The quantitative estimate of drug-likeness (QED) is 0.685. The van der Waals surface area contributed by atoms with Gasteiger partial charge in [0.1, 0.15) is 0 Å². The van der Waals surface area contributed by atoms with Crippen LogP contribution in [-0.2, 0) is 4.74 Å². The molecule has 0 atom stereocenters. The third-order valence-corrected chi connectivity index (χ3v) is 2.78. The zero-order valence-corrected chi connectivity index (χ0v) is 9.01. The van der Waals surface area contributed by atoms with Gasteiger partial charge in [-0.25, -0.2) is 0 Å². The summed E-state index contributed by atoms with van der Waals surface area (Å²) in [6.07, 6.45) is 8.32. The van der Waals surface area contributed by atoms with Gasteiger partial charge in [0.2, 0.25) is 0 Å². The molecule has 0 aromatic heterocycles. The van der Waals surface area contributed by atoms with Crippen LogP contribution >= 0.6 is 0 Å². The van der Waals surface area contributed by atoms with E-state index in [1.165, 1.54) is 38.5 Å². The lowest BCUT2D eigenvalue weighted by molar-refractivity contribution is -0.0706. The Bertz CT molecular complexity index is 137. The molecule has 2 nitrogen and oxygen atoms in total. The fraction of sp³-hybridized carbons (Fsp3) is 1.00. The third kappa shape index (κ3) is 4.10. The average Bonchev–Trinajstić information content (AvgIpc) is 2.32. The normalized spacial score (nSPS) is 21.5. The minimum atomic E-state index is -0.130. The Morgan fingerprint density at radius 2 is 1.69 bits per heavy atom. The summed E-state index contributed by atoms with van der Waals surface area (Å²) in [5, 5.41) is 0. The molecule has 1 rings (SSSR count). The highest BCUT2D eigenvalue weighted by Gasteiger charge is 2.22. The SMILES string of the molecule is CC(C)(CN)OC1CCCCCC1. The first-order valence-corrected chi connectivity index (χ1v) is 5.52. The number of ether oxygens (including phenoxy) is 1. The van der Waals surface area contributed by atoms with E-state index in [1.807, 2.05) is 0 Å². The molecule has 0 saturated heterocycles. The lowest BCUT2D eigenvalue weighted by Crippen LogP contribution is -2.37. The lowest BCUT2D eigenvalue weighted by atomic mass is 10.1. The van der Waals surface area contributed by atoms with E-state index in [0.717, 1.165) is 0 Å². The van der Waals surface area contributed by atoms with Crippen LogP contribution in [0.4, 0.5) is 0 Å². The molecule has 78 valence electrons. The van der Waals surface area contributed by atoms with Crippen molar-refractivity contribution in [3.05, 3.63) is 0 Å². The summed E-state index contributed by atoms with van der Waals surface area (Å²) in [4.78, 5) is 0. The largest absolute Gasteiger partial charge is 0.371 e. The van der Waals surface area contributed by atoms with Gasteiger partial charge in [0.15, 0.2) is 0 Å². The molecule has 0 aromatic rings. The topological polar surface area (TPSA) is 35.2 Å². The van der Waals surface area contributed by atoms with Crippen molar-refractivity contribution in [3.63, 3.8) is 0 Å². The van der Waals surface area contributed by atoms with Crippen LogP contribution in [0.15, 0.2) is 0 Å².